The summed E-state index contributed by atoms with van der Waals surface area (Å²) >= 11 is 0. The van der Waals surface area contributed by atoms with Crippen molar-refractivity contribution in [1.29, 1.82) is 0 Å². The zero-order valence-electron chi connectivity index (χ0n) is 28.1. The third kappa shape index (κ3) is 7.44. The summed E-state index contributed by atoms with van der Waals surface area (Å²) in [5.41, 5.74) is 2.25. The first-order valence-electron chi connectivity index (χ1n) is 16.0. The van der Waals surface area contributed by atoms with Crippen LogP contribution in [0.5, 0.6) is 0 Å². The standard InChI is InChI=1S/C37H33F3N6O5/c1-19-23-12-14-29(25(23)11-10-24(19)36(50)51-37(2,3)4)45-35(49)31-16-30(34(48)41-17-20-5-13-27(39)28(40)15-20)44-32-26(18-42-46(31)32)33(47)43-22-8-6-21(38)7-9-22/h5-11,13,15-16,18,29H,12,14,17H2,1-4H3,(H,41,48)(H,43,47)(H,45,49)/t29-/m0/s1. The van der Waals surface area contributed by atoms with E-state index in [0.717, 1.165) is 33.3 Å². The maximum absolute atomic E-state index is 13.9. The Bertz CT molecular complexity index is 2210. The van der Waals surface area contributed by atoms with E-state index in [2.05, 4.69) is 26.0 Å². The Morgan fingerprint density at radius 3 is 2.35 bits per heavy atom. The zero-order chi connectivity index (χ0) is 36.6. The number of ether oxygens (including phenoxy) is 1. The number of fused-ring (bicyclic) bond motifs is 2. The van der Waals surface area contributed by atoms with Crippen LogP contribution in [0, 0.1) is 24.4 Å². The molecule has 14 heteroatoms. The number of hydrogen-bond acceptors (Lipinski definition) is 7. The van der Waals surface area contributed by atoms with Crippen molar-refractivity contribution in [2.75, 3.05) is 5.32 Å². The van der Waals surface area contributed by atoms with Crippen molar-refractivity contribution < 1.29 is 37.1 Å². The summed E-state index contributed by atoms with van der Waals surface area (Å²) in [6.07, 6.45) is 2.30. The van der Waals surface area contributed by atoms with E-state index in [9.17, 15) is 32.3 Å². The molecule has 0 unspecified atom stereocenters. The van der Waals surface area contributed by atoms with Gasteiger partial charge in [0.1, 0.15) is 28.4 Å². The first-order chi connectivity index (χ1) is 24.2. The van der Waals surface area contributed by atoms with Gasteiger partial charge < -0.3 is 20.7 Å². The van der Waals surface area contributed by atoms with Gasteiger partial charge in [0.25, 0.3) is 17.7 Å². The summed E-state index contributed by atoms with van der Waals surface area (Å²) in [4.78, 5) is 57.8. The van der Waals surface area contributed by atoms with Gasteiger partial charge in [-0.1, -0.05) is 12.1 Å². The van der Waals surface area contributed by atoms with E-state index in [0.29, 0.717) is 18.4 Å². The van der Waals surface area contributed by atoms with E-state index >= 15 is 0 Å². The molecule has 0 radical (unpaired) electrons. The summed E-state index contributed by atoms with van der Waals surface area (Å²) in [7, 11) is 0. The highest BCUT2D eigenvalue weighted by Gasteiger charge is 2.31. The molecule has 3 aromatic carbocycles. The lowest BCUT2D eigenvalue weighted by Gasteiger charge is -2.21. The Morgan fingerprint density at radius 2 is 1.65 bits per heavy atom. The maximum Gasteiger partial charge on any atom is 0.338 e. The summed E-state index contributed by atoms with van der Waals surface area (Å²) in [6.45, 7) is 7.01. The van der Waals surface area contributed by atoms with Crippen LogP contribution in [0.4, 0.5) is 18.9 Å². The van der Waals surface area contributed by atoms with E-state index in [1.807, 2.05) is 6.92 Å². The first-order valence-corrected chi connectivity index (χ1v) is 16.0. The Hall–Kier alpha value is -6.05. The second-order valence-electron chi connectivity index (χ2n) is 13.1. The van der Waals surface area contributed by atoms with Gasteiger partial charge in [-0.3, -0.25) is 14.4 Å². The van der Waals surface area contributed by atoms with E-state index < -0.39 is 52.8 Å². The van der Waals surface area contributed by atoms with E-state index in [-0.39, 0.29) is 40.4 Å². The van der Waals surface area contributed by atoms with Crippen molar-refractivity contribution in [3.8, 4) is 0 Å². The van der Waals surface area contributed by atoms with Crippen LogP contribution in [0.25, 0.3) is 5.65 Å². The molecule has 1 aliphatic carbocycles. The lowest BCUT2D eigenvalue weighted by atomic mass is 9.97. The minimum Gasteiger partial charge on any atom is -0.456 e. The first kappa shape index (κ1) is 34.8. The third-order valence-corrected chi connectivity index (χ3v) is 8.34. The van der Waals surface area contributed by atoms with Crippen LogP contribution in [0.3, 0.4) is 0 Å². The van der Waals surface area contributed by atoms with Crippen LogP contribution in [0.1, 0.15) is 97.2 Å². The molecular formula is C37H33F3N6O5. The number of nitrogens with one attached hydrogen (secondary N) is 3. The highest BCUT2D eigenvalue weighted by molar-refractivity contribution is 6.09. The molecule has 6 rings (SSSR count). The fourth-order valence-corrected chi connectivity index (χ4v) is 5.87. The molecule has 2 heterocycles. The highest BCUT2D eigenvalue weighted by atomic mass is 19.2. The number of benzene rings is 3. The molecule has 0 saturated carbocycles. The average Bonchev–Trinajstić information content (AvgIpc) is 3.70. The molecule has 1 aliphatic rings. The predicted octanol–water partition coefficient (Wildman–Crippen LogP) is 6.01. The minimum atomic E-state index is -1.08. The SMILES string of the molecule is Cc1c(C(=O)OC(C)(C)C)ccc2c1CC[C@@H]2NC(=O)c1cc(C(=O)NCc2ccc(F)c(F)c2)nc2c(C(=O)Nc3ccc(F)cc3)cnn12. The fourth-order valence-electron chi connectivity index (χ4n) is 5.87. The molecule has 0 fully saturated rings. The van der Waals surface area contributed by atoms with Gasteiger partial charge in [-0.2, -0.15) is 5.10 Å². The summed E-state index contributed by atoms with van der Waals surface area (Å²) in [5.74, 6) is -5.14. The number of rotatable bonds is 8. The normalized spacial score (nSPS) is 13.8. The van der Waals surface area contributed by atoms with Gasteiger partial charge in [0.2, 0.25) is 0 Å². The van der Waals surface area contributed by atoms with Crippen LogP contribution in [-0.4, -0.2) is 43.9 Å². The molecule has 0 saturated heterocycles. The number of aromatic nitrogens is 3. The topological polar surface area (TPSA) is 144 Å². The van der Waals surface area contributed by atoms with Crippen molar-refractivity contribution in [1.82, 2.24) is 25.2 Å². The second-order valence-corrected chi connectivity index (χ2v) is 13.1. The van der Waals surface area contributed by atoms with Gasteiger partial charge in [-0.05, 0) is 105 Å². The van der Waals surface area contributed by atoms with Gasteiger partial charge in [-0.25, -0.2) is 27.5 Å². The van der Waals surface area contributed by atoms with Gasteiger partial charge in [0, 0.05) is 18.3 Å². The van der Waals surface area contributed by atoms with Gasteiger partial charge in [-0.15, -0.1) is 0 Å². The minimum absolute atomic E-state index is 0.0832. The smallest absolute Gasteiger partial charge is 0.338 e. The van der Waals surface area contributed by atoms with Crippen LogP contribution in [0.15, 0.2) is 66.9 Å². The average molecular weight is 699 g/mol. The molecule has 11 nitrogen and oxygen atoms in total. The molecule has 3 amide bonds. The molecular weight excluding hydrogens is 665 g/mol. The number of hydrogen-bond donors (Lipinski definition) is 3. The Balaban J connectivity index is 1.31. The summed E-state index contributed by atoms with van der Waals surface area (Å²) in [5, 5.41) is 12.4. The Morgan fingerprint density at radius 1 is 0.902 bits per heavy atom. The Kier molecular flexibility index (Phi) is 9.34. The van der Waals surface area contributed by atoms with Gasteiger partial charge >= 0.3 is 5.97 Å². The number of nitrogens with zero attached hydrogens (tertiary/aromatic N) is 3. The van der Waals surface area contributed by atoms with Gasteiger partial charge in [0.05, 0.1) is 17.8 Å². The van der Waals surface area contributed by atoms with Crippen LogP contribution >= 0.6 is 0 Å². The zero-order valence-corrected chi connectivity index (χ0v) is 28.1. The molecule has 51 heavy (non-hydrogen) atoms. The molecule has 3 N–H and O–H groups in total. The van der Waals surface area contributed by atoms with E-state index in [1.165, 1.54) is 42.6 Å². The van der Waals surface area contributed by atoms with E-state index in [1.54, 1.807) is 32.9 Å². The monoisotopic (exact) mass is 698 g/mol. The van der Waals surface area contributed by atoms with Crippen molar-refractivity contribution in [3.63, 3.8) is 0 Å². The molecule has 2 aromatic heterocycles. The molecule has 1 atom stereocenters. The largest absolute Gasteiger partial charge is 0.456 e. The molecule has 262 valence electrons. The quantitative estimate of drug-likeness (QED) is 0.169. The molecule has 0 bridgehead atoms. The molecule has 0 aliphatic heterocycles. The van der Waals surface area contributed by atoms with E-state index in [4.69, 9.17) is 4.74 Å². The van der Waals surface area contributed by atoms with Crippen molar-refractivity contribution in [2.45, 2.75) is 58.7 Å². The molecule has 5 aromatic rings. The predicted molar refractivity (Wildman–Crippen MR) is 180 cm³/mol. The fraction of sp³-hybridized carbons (Fsp3) is 0.243. The van der Waals surface area contributed by atoms with Crippen LogP contribution < -0.4 is 16.0 Å². The maximum atomic E-state index is 13.9. The number of halogens is 3. The Labute approximate surface area is 290 Å². The van der Waals surface area contributed by atoms with Crippen molar-refractivity contribution in [2.24, 2.45) is 0 Å². The highest BCUT2D eigenvalue weighted by Crippen LogP contribution is 2.35. The van der Waals surface area contributed by atoms with Crippen molar-refractivity contribution >= 4 is 35.0 Å². The van der Waals surface area contributed by atoms with Crippen molar-refractivity contribution in [3.05, 3.63) is 129 Å². The number of anilines is 1. The lowest BCUT2D eigenvalue weighted by molar-refractivity contribution is 0.00682. The number of carbonyl (C=O) groups is 4. The third-order valence-electron chi connectivity index (χ3n) is 8.34. The van der Waals surface area contributed by atoms with Crippen LogP contribution in [-0.2, 0) is 17.7 Å². The molecule has 0 spiro atoms. The van der Waals surface area contributed by atoms with Crippen LogP contribution in [0.2, 0.25) is 0 Å². The summed E-state index contributed by atoms with van der Waals surface area (Å²) < 4.78 is 47.3. The van der Waals surface area contributed by atoms with Gasteiger partial charge in [0.15, 0.2) is 17.3 Å². The lowest BCUT2D eigenvalue weighted by Crippen LogP contribution is -2.31. The summed E-state index contributed by atoms with van der Waals surface area (Å²) in [6, 6.07) is 12.5. The number of amides is 3. The number of carbonyl (C=O) groups excluding carboxylic acids is 4. The second kappa shape index (κ2) is 13.7. The number of esters is 1.